The lowest BCUT2D eigenvalue weighted by Crippen LogP contribution is -2.51. The van der Waals surface area contributed by atoms with Crippen LogP contribution in [0, 0.1) is 5.82 Å². The van der Waals surface area contributed by atoms with Crippen molar-refractivity contribution in [2.45, 2.75) is 51.7 Å². The number of anilines is 1. The Hall–Kier alpha value is -3.92. The van der Waals surface area contributed by atoms with E-state index in [1.165, 1.54) is 23.1 Å². The number of carbonyl (C=O) groups excluding carboxylic acids is 2. The number of nitrogens with one attached hydrogen (secondary N) is 1. The normalized spacial score (nSPS) is 12.0. The van der Waals surface area contributed by atoms with Crippen LogP contribution in [0.5, 0.6) is 5.75 Å². The van der Waals surface area contributed by atoms with Gasteiger partial charge in [-0.25, -0.2) is 12.8 Å². The van der Waals surface area contributed by atoms with E-state index in [9.17, 15) is 22.4 Å². The average molecular weight is 584 g/mol. The number of benzene rings is 3. The van der Waals surface area contributed by atoms with Gasteiger partial charge in [-0.1, -0.05) is 54.6 Å². The molecule has 0 aliphatic heterocycles. The lowest BCUT2D eigenvalue weighted by atomic mass is 10.0. The number of nitrogens with zero attached hydrogens (tertiary/aromatic N) is 2. The Labute approximate surface area is 242 Å². The fourth-order valence-corrected chi connectivity index (χ4v) is 5.50. The molecule has 0 saturated heterocycles. The first-order valence-corrected chi connectivity index (χ1v) is 15.3. The van der Waals surface area contributed by atoms with E-state index in [0.29, 0.717) is 12.2 Å². The number of ether oxygens (including phenoxy) is 1. The van der Waals surface area contributed by atoms with Gasteiger partial charge in [-0.05, 0) is 55.7 Å². The molecule has 0 bridgehead atoms. The van der Waals surface area contributed by atoms with Gasteiger partial charge in [-0.3, -0.25) is 13.9 Å². The molecule has 0 aliphatic carbocycles. The second-order valence-electron chi connectivity index (χ2n) is 10.1. The molecule has 3 rings (SSSR count). The zero-order valence-corrected chi connectivity index (χ0v) is 24.7. The summed E-state index contributed by atoms with van der Waals surface area (Å²) in [4.78, 5) is 28.9. The van der Waals surface area contributed by atoms with Crippen molar-refractivity contribution < 1.29 is 27.1 Å². The maximum absolute atomic E-state index is 14.5. The lowest BCUT2D eigenvalue weighted by molar-refractivity contribution is -0.141. The Morgan fingerprint density at radius 2 is 1.61 bits per heavy atom. The molecule has 3 aromatic rings. The topological polar surface area (TPSA) is 96.0 Å². The molecule has 0 aromatic heterocycles. The largest absolute Gasteiger partial charge is 0.497 e. The first-order chi connectivity index (χ1) is 19.5. The molecule has 1 atom stereocenters. The van der Waals surface area contributed by atoms with Gasteiger partial charge in [0.15, 0.2) is 0 Å². The van der Waals surface area contributed by atoms with Crippen LogP contribution in [0.25, 0.3) is 0 Å². The Morgan fingerprint density at radius 1 is 0.951 bits per heavy atom. The molecule has 8 nitrogen and oxygen atoms in total. The Bertz CT molecular complexity index is 1420. The number of halogens is 1. The van der Waals surface area contributed by atoms with Gasteiger partial charge in [0.05, 0.1) is 19.1 Å². The predicted molar refractivity (Wildman–Crippen MR) is 159 cm³/mol. The molecule has 3 aromatic carbocycles. The van der Waals surface area contributed by atoms with E-state index in [0.717, 1.165) is 21.7 Å². The molecule has 10 heteroatoms. The summed E-state index contributed by atoms with van der Waals surface area (Å²) >= 11 is 0. The van der Waals surface area contributed by atoms with E-state index in [-0.39, 0.29) is 49.5 Å². The summed E-state index contributed by atoms with van der Waals surface area (Å²) in [5.74, 6) is -0.661. The van der Waals surface area contributed by atoms with Crippen LogP contribution in [-0.4, -0.2) is 57.1 Å². The van der Waals surface area contributed by atoms with Crippen LogP contribution in [0.4, 0.5) is 10.1 Å². The fraction of sp³-hybridized carbons (Fsp3) is 0.355. The molecular formula is C31H38FN3O5S. The van der Waals surface area contributed by atoms with Crippen molar-refractivity contribution in [2.75, 3.05) is 24.2 Å². The Balaban J connectivity index is 1.90. The number of carbonyl (C=O) groups is 2. The van der Waals surface area contributed by atoms with E-state index in [4.69, 9.17) is 4.74 Å². The van der Waals surface area contributed by atoms with Gasteiger partial charge >= 0.3 is 0 Å². The SMILES string of the molecule is COc1cccc(CN(C(=O)CCCN(c2ccccc2F)S(C)(=O)=O)C(Cc2ccccc2)C(=O)NC(C)C)c1. The number of amides is 2. The minimum Gasteiger partial charge on any atom is -0.497 e. The van der Waals surface area contributed by atoms with Crippen molar-refractivity contribution in [2.24, 2.45) is 0 Å². The first kappa shape index (κ1) is 31.6. The van der Waals surface area contributed by atoms with Crippen LogP contribution in [0.15, 0.2) is 78.9 Å². The van der Waals surface area contributed by atoms with Crippen molar-refractivity contribution in [3.05, 3.63) is 95.8 Å². The standard InChI is InChI=1S/C31H38FN3O5S/c1-23(2)33-31(37)29(21-24-12-6-5-7-13-24)34(22-25-14-10-15-26(20-25)40-3)30(36)18-11-19-35(41(4,38)39)28-17-9-8-16-27(28)32/h5-10,12-17,20,23,29H,11,18-19,21-22H2,1-4H3,(H,33,37). The molecule has 0 saturated carbocycles. The minimum absolute atomic E-state index is 0.0509. The van der Waals surface area contributed by atoms with Gasteiger partial charge in [0.1, 0.15) is 17.6 Å². The summed E-state index contributed by atoms with van der Waals surface area (Å²) in [5, 5.41) is 2.94. The summed E-state index contributed by atoms with van der Waals surface area (Å²) in [6.45, 7) is 3.75. The van der Waals surface area contributed by atoms with E-state index < -0.39 is 21.9 Å². The molecule has 41 heavy (non-hydrogen) atoms. The molecule has 1 unspecified atom stereocenters. The van der Waals surface area contributed by atoms with Gasteiger partial charge in [-0.15, -0.1) is 0 Å². The van der Waals surface area contributed by atoms with Gasteiger partial charge in [-0.2, -0.15) is 0 Å². The van der Waals surface area contributed by atoms with Gasteiger partial charge in [0.25, 0.3) is 0 Å². The second-order valence-corrected chi connectivity index (χ2v) is 12.0. The highest BCUT2D eigenvalue weighted by atomic mass is 32.2. The van der Waals surface area contributed by atoms with Gasteiger partial charge in [0, 0.05) is 32.0 Å². The van der Waals surface area contributed by atoms with E-state index >= 15 is 0 Å². The summed E-state index contributed by atoms with van der Waals surface area (Å²) < 4.78 is 45.8. The number of methoxy groups -OCH3 is 1. The van der Waals surface area contributed by atoms with Crippen LogP contribution in [-0.2, 0) is 32.6 Å². The van der Waals surface area contributed by atoms with E-state index in [1.807, 2.05) is 62.4 Å². The molecule has 1 N–H and O–H groups in total. The van der Waals surface area contributed by atoms with Crippen LogP contribution in [0.2, 0.25) is 0 Å². The molecule has 0 radical (unpaired) electrons. The van der Waals surface area contributed by atoms with Crippen molar-refractivity contribution >= 4 is 27.5 Å². The number of sulfonamides is 1. The first-order valence-electron chi connectivity index (χ1n) is 13.5. The maximum Gasteiger partial charge on any atom is 0.243 e. The van der Waals surface area contributed by atoms with Crippen molar-refractivity contribution in [1.29, 1.82) is 0 Å². The van der Waals surface area contributed by atoms with Crippen LogP contribution in [0.3, 0.4) is 0 Å². The molecule has 220 valence electrons. The zero-order valence-electron chi connectivity index (χ0n) is 23.9. The third kappa shape index (κ3) is 9.31. The number of hydrogen-bond acceptors (Lipinski definition) is 5. The molecule has 0 aliphatic rings. The number of para-hydroxylation sites is 1. The highest BCUT2D eigenvalue weighted by molar-refractivity contribution is 7.92. The highest BCUT2D eigenvalue weighted by Crippen LogP contribution is 2.23. The molecule has 2 amide bonds. The fourth-order valence-electron chi connectivity index (χ4n) is 4.54. The molecule has 0 heterocycles. The highest BCUT2D eigenvalue weighted by Gasteiger charge is 2.31. The maximum atomic E-state index is 14.5. The van der Waals surface area contributed by atoms with Gasteiger partial charge in [0.2, 0.25) is 21.8 Å². The Kier molecular flexibility index (Phi) is 11.3. The number of hydrogen-bond donors (Lipinski definition) is 1. The molecule has 0 fully saturated rings. The minimum atomic E-state index is -3.81. The van der Waals surface area contributed by atoms with Crippen molar-refractivity contribution in [3.63, 3.8) is 0 Å². The van der Waals surface area contributed by atoms with Crippen molar-refractivity contribution in [3.8, 4) is 5.75 Å². The average Bonchev–Trinajstić information content (AvgIpc) is 2.93. The van der Waals surface area contributed by atoms with Gasteiger partial charge < -0.3 is 15.0 Å². The Morgan fingerprint density at radius 3 is 2.24 bits per heavy atom. The smallest absolute Gasteiger partial charge is 0.243 e. The lowest BCUT2D eigenvalue weighted by Gasteiger charge is -2.32. The van der Waals surface area contributed by atoms with Crippen LogP contribution in [0.1, 0.15) is 37.8 Å². The summed E-state index contributed by atoms with van der Waals surface area (Å²) in [6.07, 6.45) is 1.37. The quantitative estimate of drug-likeness (QED) is 0.301. The third-order valence-corrected chi connectivity index (χ3v) is 7.64. The van der Waals surface area contributed by atoms with E-state index in [1.54, 1.807) is 19.2 Å². The monoisotopic (exact) mass is 583 g/mol. The third-order valence-electron chi connectivity index (χ3n) is 6.46. The summed E-state index contributed by atoms with van der Waals surface area (Å²) in [7, 11) is -2.25. The molecular weight excluding hydrogens is 545 g/mol. The summed E-state index contributed by atoms with van der Waals surface area (Å²) in [6, 6.07) is 21.4. The predicted octanol–water partition coefficient (Wildman–Crippen LogP) is 4.55. The molecule has 0 spiro atoms. The number of rotatable bonds is 14. The second kappa shape index (κ2) is 14.6. The van der Waals surface area contributed by atoms with E-state index in [2.05, 4.69) is 5.32 Å². The summed E-state index contributed by atoms with van der Waals surface area (Å²) in [5.41, 5.74) is 1.59. The van der Waals surface area contributed by atoms with Crippen LogP contribution >= 0.6 is 0 Å². The zero-order chi connectivity index (χ0) is 30.0. The van der Waals surface area contributed by atoms with Crippen molar-refractivity contribution in [1.82, 2.24) is 10.2 Å². The van der Waals surface area contributed by atoms with Crippen LogP contribution < -0.4 is 14.4 Å².